The molecule has 0 bridgehead atoms. The van der Waals surface area contributed by atoms with E-state index in [0.29, 0.717) is 29.5 Å². The van der Waals surface area contributed by atoms with Gasteiger partial charge in [0.1, 0.15) is 12.1 Å². The van der Waals surface area contributed by atoms with E-state index in [9.17, 15) is 0 Å². The molecule has 0 aliphatic heterocycles. The number of hydrogen-bond donors (Lipinski definition) is 2. The lowest BCUT2D eigenvalue weighted by atomic mass is 10.1. The molecule has 3 rings (SSSR count). The third kappa shape index (κ3) is 5.43. The molecule has 0 atom stereocenters. The standard InChI is InChI=1S/C14H18N4O3.C4H4N2/c1-19-10-5-8(6-11(20-2)12(10)21-3)4-9-7-17-14(16)18-13(9)15;1-2-5-4-6-3-1/h5-7H,4H2,1-3H3,(H4,15,16,17,18);1-4H. The monoisotopic (exact) mass is 370 g/mol. The van der Waals surface area contributed by atoms with E-state index in [4.69, 9.17) is 25.7 Å². The van der Waals surface area contributed by atoms with Gasteiger partial charge in [0, 0.05) is 30.6 Å². The maximum Gasteiger partial charge on any atom is 0.221 e. The quantitative estimate of drug-likeness (QED) is 0.689. The molecule has 9 nitrogen and oxygen atoms in total. The van der Waals surface area contributed by atoms with E-state index in [0.717, 1.165) is 11.1 Å². The molecule has 0 saturated carbocycles. The molecule has 0 fully saturated rings. The molecular formula is C18H22N6O3. The Morgan fingerprint density at radius 1 is 0.926 bits per heavy atom. The number of nitrogens with zero attached hydrogens (tertiary/aromatic N) is 4. The Morgan fingerprint density at radius 2 is 1.56 bits per heavy atom. The highest BCUT2D eigenvalue weighted by Crippen LogP contribution is 2.38. The Bertz CT molecular complexity index is 809. The lowest BCUT2D eigenvalue weighted by Gasteiger charge is -2.14. The molecule has 0 spiro atoms. The van der Waals surface area contributed by atoms with Crippen molar-refractivity contribution in [3.05, 3.63) is 54.2 Å². The van der Waals surface area contributed by atoms with Crippen LogP contribution in [0.25, 0.3) is 0 Å². The van der Waals surface area contributed by atoms with Crippen LogP contribution in [0.4, 0.5) is 11.8 Å². The minimum absolute atomic E-state index is 0.154. The highest BCUT2D eigenvalue weighted by atomic mass is 16.5. The van der Waals surface area contributed by atoms with E-state index >= 15 is 0 Å². The smallest absolute Gasteiger partial charge is 0.221 e. The summed E-state index contributed by atoms with van der Waals surface area (Å²) in [6, 6.07) is 5.49. The molecular weight excluding hydrogens is 348 g/mol. The van der Waals surface area contributed by atoms with Gasteiger partial charge in [-0.05, 0) is 23.8 Å². The second-order valence-electron chi connectivity index (χ2n) is 5.25. The molecule has 1 aromatic carbocycles. The van der Waals surface area contributed by atoms with E-state index in [1.807, 2.05) is 12.1 Å². The summed E-state index contributed by atoms with van der Waals surface area (Å²) >= 11 is 0. The maximum atomic E-state index is 5.85. The van der Waals surface area contributed by atoms with Crippen molar-refractivity contribution in [3.63, 3.8) is 0 Å². The number of methoxy groups -OCH3 is 3. The normalized spacial score (nSPS) is 9.74. The van der Waals surface area contributed by atoms with Crippen molar-refractivity contribution < 1.29 is 14.2 Å². The van der Waals surface area contributed by atoms with Gasteiger partial charge in [0.05, 0.1) is 21.3 Å². The molecule has 0 aliphatic rings. The Kier molecular flexibility index (Phi) is 7.12. The SMILES string of the molecule is COc1cc(Cc2cnc(N)nc2N)cc(OC)c1OC.c1cncnc1. The van der Waals surface area contributed by atoms with Crippen molar-refractivity contribution in [2.75, 3.05) is 32.8 Å². The molecule has 3 aromatic rings. The first-order chi connectivity index (χ1) is 13.1. The molecule has 9 heteroatoms. The zero-order chi connectivity index (χ0) is 19.6. The van der Waals surface area contributed by atoms with E-state index in [1.54, 1.807) is 46.0 Å². The molecule has 0 saturated heterocycles. The van der Waals surface area contributed by atoms with Crippen LogP contribution in [-0.2, 0) is 6.42 Å². The van der Waals surface area contributed by atoms with E-state index in [2.05, 4.69) is 19.9 Å². The number of nitrogens with two attached hydrogens (primary N) is 2. The van der Waals surface area contributed by atoms with Crippen LogP contribution in [-0.4, -0.2) is 41.3 Å². The minimum atomic E-state index is 0.154. The van der Waals surface area contributed by atoms with E-state index in [1.165, 1.54) is 6.33 Å². The predicted octanol–water partition coefficient (Wildman–Crippen LogP) is 1.73. The van der Waals surface area contributed by atoms with Crippen molar-refractivity contribution in [2.24, 2.45) is 0 Å². The van der Waals surface area contributed by atoms with Gasteiger partial charge < -0.3 is 25.7 Å². The van der Waals surface area contributed by atoms with Gasteiger partial charge in [-0.3, -0.25) is 0 Å². The maximum absolute atomic E-state index is 5.85. The minimum Gasteiger partial charge on any atom is -0.493 e. The zero-order valence-electron chi connectivity index (χ0n) is 15.4. The summed E-state index contributed by atoms with van der Waals surface area (Å²) in [6.45, 7) is 0. The number of ether oxygens (including phenoxy) is 3. The average molecular weight is 370 g/mol. The average Bonchev–Trinajstić information content (AvgIpc) is 2.71. The number of rotatable bonds is 5. The number of hydrogen-bond acceptors (Lipinski definition) is 9. The second kappa shape index (κ2) is 9.76. The van der Waals surface area contributed by atoms with Crippen molar-refractivity contribution in [1.82, 2.24) is 19.9 Å². The van der Waals surface area contributed by atoms with Crippen LogP contribution in [0.2, 0.25) is 0 Å². The third-order valence-corrected chi connectivity index (χ3v) is 3.51. The van der Waals surface area contributed by atoms with Gasteiger partial charge in [0.2, 0.25) is 11.7 Å². The molecule has 2 aromatic heterocycles. The molecule has 0 unspecified atom stereocenters. The first-order valence-corrected chi connectivity index (χ1v) is 7.94. The highest BCUT2D eigenvalue weighted by Gasteiger charge is 2.14. The summed E-state index contributed by atoms with van der Waals surface area (Å²) < 4.78 is 15.9. The summed E-state index contributed by atoms with van der Waals surface area (Å²) in [5.41, 5.74) is 13.1. The van der Waals surface area contributed by atoms with Crippen LogP contribution < -0.4 is 25.7 Å². The van der Waals surface area contributed by atoms with Crippen molar-refractivity contribution >= 4 is 11.8 Å². The van der Waals surface area contributed by atoms with Crippen LogP contribution in [0.15, 0.2) is 43.1 Å². The highest BCUT2D eigenvalue weighted by molar-refractivity contribution is 5.55. The van der Waals surface area contributed by atoms with Gasteiger partial charge in [-0.15, -0.1) is 0 Å². The van der Waals surface area contributed by atoms with Gasteiger partial charge in [0.15, 0.2) is 11.5 Å². The molecule has 0 radical (unpaired) electrons. The largest absolute Gasteiger partial charge is 0.493 e. The predicted molar refractivity (Wildman–Crippen MR) is 102 cm³/mol. The Hall–Kier alpha value is -3.62. The van der Waals surface area contributed by atoms with E-state index < -0.39 is 0 Å². The lowest BCUT2D eigenvalue weighted by molar-refractivity contribution is 0.324. The molecule has 142 valence electrons. The number of aromatic nitrogens is 4. The van der Waals surface area contributed by atoms with Crippen molar-refractivity contribution in [2.45, 2.75) is 6.42 Å². The molecule has 27 heavy (non-hydrogen) atoms. The fourth-order valence-corrected chi connectivity index (χ4v) is 2.28. The van der Waals surface area contributed by atoms with Crippen LogP contribution >= 0.6 is 0 Å². The third-order valence-electron chi connectivity index (χ3n) is 3.51. The number of anilines is 2. The Labute approximate surface area is 157 Å². The molecule has 0 amide bonds. The van der Waals surface area contributed by atoms with Crippen LogP contribution in [0.5, 0.6) is 17.2 Å². The summed E-state index contributed by atoms with van der Waals surface area (Å²) in [4.78, 5) is 15.2. The van der Waals surface area contributed by atoms with Crippen molar-refractivity contribution in [3.8, 4) is 17.2 Å². The molecule has 4 N–H and O–H groups in total. The summed E-state index contributed by atoms with van der Waals surface area (Å²) in [5, 5.41) is 0. The summed E-state index contributed by atoms with van der Waals surface area (Å²) in [7, 11) is 4.70. The van der Waals surface area contributed by atoms with Crippen molar-refractivity contribution in [1.29, 1.82) is 0 Å². The van der Waals surface area contributed by atoms with Gasteiger partial charge in [-0.2, -0.15) is 4.98 Å². The fraction of sp³-hybridized carbons (Fsp3) is 0.222. The fourth-order valence-electron chi connectivity index (χ4n) is 2.28. The van der Waals surface area contributed by atoms with E-state index in [-0.39, 0.29) is 5.95 Å². The van der Waals surface area contributed by atoms with Gasteiger partial charge in [-0.25, -0.2) is 15.0 Å². The van der Waals surface area contributed by atoms with Crippen LogP contribution in [0, 0.1) is 0 Å². The topological polar surface area (TPSA) is 131 Å². The lowest BCUT2D eigenvalue weighted by Crippen LogP contribution is -2.04. The van der Waals surface area contributed by atoms with Gasteiger partial charge in [-0.1, -0.05) is 0 Å². The number of benzene rings is 1. The molecule has 2 heterocycles. The zero-order valence-corrected chi connectivity index (χ0v) is 15.4. The summed E-state index contributed by atoms with van der Waals surface area (Å²) in [5.74, 6) is 2.23. The first kappa shape index (κ1) is 19.7. The summed E-state index contributed by atoms with van der Waals surface area (Å²) in [6.07, 6.45) is 7.02. The van der Waals surface area contributed by atoms with Crippen LogP contribution in [0.3, 0.4) is 0 Å². The molecule has 0 aliphatic carbocycles. The van der Waals surface area contributed by atoms with Crippen LogP contribution in [0.1, 0.15) is 11.1 Å². The second-order valence-corrected chi connectivity index (χ2v) is 5.25. The van der Waals surface area contributed by atoms with Gasteiger partial charge >= 0.3 is 0 Å². The Balaban J connectivity index is 0.000000369. The van der Waals surface area contributed by atoms with Gasteiger partial charge in [0.25, 0.3) is 0 Å². The first-order valence-electron chi connectivity index (χ1n) is 7.94. The Morgan fingerprint density at radius 3 is 1.96 bits per heavy atom. The number of nitrogen functional groups attached to an aromatic ring is 2.